The summed E-state index contributed by atoms with van der Waals surface area (Å²) in [6.07, 6.45) is 10.5. The van der Waals surface area contributed by atoms with Crippen molar-refractivity contribution in [3.05, 3.63) is 64.3 Å². The second-order valence-corrected chi connectivity index (χ2v) is 11.9. The summed E-state index contributed by atoms with van der Waals surface area (Å²) in [6.45, 7) is 11.5. The standard InChI is InChI=1S/C32H42N/c1-21-17-27(24-9-7-8-10-24)20-30(23(21)3)31-29-12-11-26(19-28(29)18-22(2)33(31)6)25-13-15-32(4,5)16-14-25/h11-12,17-20,24-25H,7-10,13-16H2,1-6H3/q+1/i18D. The molecule has 0 amide bonds. The minimum absolute atomic E-state index is 0.477. The molecule has 2 fully saturated rings. The first-order chi connectivity index (χ1) is 16.2. The van der Waals surface area contributed by atoms with E-state index in [4.69, 9.17) is 1.37 Å². The molecule has 174 valence electrons. The fourth-order valence-corrected chi connectivity index (χ4v) is 6.44. The smallest absolute Gasteiger partial charge is 0.198 e. The Balaban J connectivity index is 1.66. The van der Waals surface area contributed by atoms with Crippen molar-refractivity contribution < 1.29 is 5.94 Å². The van der Waals surface area contributed by atoms with E-state index in [0.717, 1.165) is 11.1 Å². The molecule has 5 rings (SSSR count). The second-order valence-electron chi connectivity index (χ2n) is 11.9. The van der Waals surface area contributed by atoms with Crippen molar-refractivity contribution >= 4 is 10.8 Å². The van der Waals surface area contributed by atoms with E-state index in [-0.39, 0.29) is 0 Å². The van der Waals surface area contributed by atoms with Crippen LogP contribution in [0.25, 0.3) is 22.0 Å². The number of fused-ring (bicyclic) bond motifs is 1. The third-order valence-electron chi connectivity index (χ3n) is 9.03. The van der Waals surface area contributed by atoms with Crippen LogP contribution in [-0.2, 0) is 7.05 Å². The molecule has 1 nitrogen and oxygen atoms in total. The number of aryl methyl sites for hydroxylation is 1. The fraction of sp³-hybridized carbons (Fsp3) is 0.531. The molecule has 2 aliphatic rings. The summed E-state index contributed by atoms with van der Waals surface area (Å²) in [5, 5.41) is 2.35. The predicted molar refractivity (Wildman–Crippen MR) is 141 cm³/mol. The molecule has 0 bridgehead atoms. The van der Waals surface area contributed by atoms with Crippen molar-refractivity contribution in [2.24, 2.45) is 12.5 Å². The van der Waals surface area contributed by atoms with Crippen LogP contribution in [0.5, 0.6) is 0 Å². The number of nitrogens with zero attached hydrogens (tertiary/aromatic N) is 1. The molecule has 3 aromatic rings. The number of pyridine rings is 1. The van der Waals surface area contributed by atoms with Crippen molar-refractivity contribution in [3.63, 3.8) is 0 Å². The third-order valence-corrected chi connectivity index (χ3v) is 9.03. The lowest BCUT2D eigenvalue weighted by Crippen LogP contribution is -2.35. The van der Waals surface area contributed by atoms with Gasteiger partial charge in [-0.15, -0.1) is 0 Å². The van der Waals surface area contributed by atoms with Gasteiger partial charge in [-0.2, -0.15) is 4.57 Å². The van der Waals surface area contributed by atoms with Gasteiger partial charge in [0.15, 0.2) is 5.69 Å². The average Bonchev–Trinajstić information content (AvgIpc) is 3.35. The van der Waals surface area contributed by atoms with Crippen LogP contribution in [0.1, 0.15) is 106 Å². The summed E-state index contributed by atoms with van der Waals surface area (Å²) < 4.78 is 11.3. The van der Waals surface area contributed by atoms with Gasteiger partial charge in [-0.1, -0.05) is 44.9 Å². The Bertz CT molecular complexity index is 1240. The maximum Gasteiger partial charge on any atom is 0.220 e. The van der Waals surface area contributed by atoms with Crippen LogP contribution in [0, 0.1) is 26.2 Å². The molecular weight excluding hydrogens is 398 g/mol. The fourth-order valence-electron chi connectivity index (χ4n) is 6.44. The SMILES string of the molecule is [2H]c1c(C)[n+](C)c(-c2cc(C3CCCC3)cc(C)c2C)c2ccc(C3CCC(C)(C)CC3)cc12. The normalized spacial score (nSPS) is 19.9. The maximum absolute atomic E-state index is 9.02. The van der Waals surface area contributed by atoms with Crippen molar-refractivity contribution in [1.29, 1.82) is 0 Å². The Kier molecular flexibility index (Phi) is 5.55. The minimum atomic E-state index is 0.477. The average molecular weight is 442 g/mol. The molecule has 1 heterocycles. The van der Waals surface area contributed by atoms with E-state index in [1.807, 2.05) is 0 Å². The van der Waals surface area contributed by atoms with Gasteiger partial charge in [0.1, 0.15) is 7.05 Å². The van der Waals surface area contributed by atoms with Crippen LogP contribution < -0.4 is 4.57 Å². The lowest BCUT2D eigenvalue weighted by Gasteiger charge is -2.34. The summed E-state index contributed by atoms with van der Waals surface area (Å²) in [5.41, 5.74) is 9.86. The molecule has 0 aliphatic heterocycles. The van der Waals surface area contributed by atoms with Gasteiger partial charge < -0.3 is 0 Å². The van der Waals surface area contributed by atoms with Gasteiger partial charge in [-0.25, -0.2) is 0 Å². The Morgan fingerprint density at radius 3 is 2.24 bits per heavy atom. The highest BCUT2D eigenvalue weighted by Crippen LogP contribution is 2.43. The van der Waals surface area contributed by atoms with Gasteiger partial charge in [-0.3, -0.25) is 0 Å². The zero-order chi connectivity index (χ0) is 24.2. The number of rotatable bonds is 3. The van der Waals surface area contributed by atoms with Gasteiger partial charge in [0, 0.05) is 13.0 Å². The zero-order valence-electron chi connectivity index (χ0n) is 22.6. The number of benzene rings is 2. The van der Waals surface area contributed by atoms with Crippen LogP contribution >= 0.6 is 0 Å². The number of hydrogen-bond acceptors (Lipinski definition) is 0. The lowest BCUT2D eigenvalue weighted by atomic mass is 9.71. The van der Waals surface area contributed by atoms with Crippen molar-refractivity contribution in [2.75, 3.05) is 0 Å². The summed E-state index contributed by atoms with van der Waals surface area (Å²) in [6, 6.07) is 12.7. The third kappa shape index (κ3) is 4.25. The molecule has 33 heavy (non-hydrogen) atoms. The van der Waals surface area contributed by atoms with E-state index < -0.39 is 0 Å². The molecule has 0 radical (unpaired) electrons. The summed E-state index contributed by atoms with van der Waals surface area (Å²) in [5.74, 6) is 1.33. The van der Waals surface area contributed by atoms with E-state index in [0.29, 0.717) is 23.3 Å². The molecule has 0 saturated heterocycles. The predicted octanol–water partition coefficient (Wildman–Crippen LogP) is 8.60. The van der Waals surface area contributed by atoms with Gasteiger partial charge >= 0.3 is 0 Å². The lowest BCUT2D eigenvalue weighted by molar-refractivity contribution is -0.665. The molecule has 1 aromatic heterocycles. The van der Waals surface area contributed by atoms with Crippen LogP contribution in [0.3, 0.4) is 0 Å². The Morgan fingerprint density at radius 2 is 1.55 bits per heavy atom. The van der Waals surface area contributed by atoms with E-state index >= 15 is 0 Å². The Morgan fingerprint density at radius 1 is 0.879 bits per heavy atom. The molecule has 0 atom stereocenters. The summed E-state index contributed by atoms with van der Waals surface area (Å²) in [4.78, 5) is 0. The van der Waals surface area contributed by atoms with Gasteiger partial charge in [0.05, 0.1) is 12.3 Å². The molecule has 0 spiro atoms. The second kappa shape index (κ2) is 8.57. The van der Waals surface area contributed by atoms with Crippen LogP contribution in [-0.4, -0.2) is 0 Å². The quantitative estimate of drug-likeness (QED) is 0.358. The molecule has 0 unspecified atom stereocenters. The van der Waals surface area contributed by atoms with E-state index in [2.05, 4.69) is 76.6 Å². The molecule has 0 N–H and O–H groups in total. The highest BCUT2D eigenvalue weighted by molar-refractivity contribution is 5.94. The monoisotopic (exact) mass is 441 g/mol. The Labute approximate surface area is 202 Å². The molecule has 1 heteroatoms. The summed E-state index contributed by atoms with van der Waals surface area (Å²) in [7, 11) is 2.15. The summed E-state index contributed by atoms with van der Waals surface area (Å²) >= 11 is 0. The largest absolute Gasteiger partial charge is 0.220 e. The van der Waals surface area contributed by atoms with E-state index in [9.17, 15) is 0 Å². The maximum atomic E-state index is 9.02. The van der Waals surface area contributed by atoms with Gasteiger partial charge in [0.2, 0.25) is 5.69 Å². The zero-order valence-corrected chi connectivity index (χ0v) is 21.6. The molecule has 2 saturated carbocycles. The van der Waals surface area contributed by atoms with Crippen LogP contribution in [0.15, 0.2) is 36.4 Å². The van der Waals surface area contributed by atoms with Gasteiger partial charge in [0.25, 0.3) is 0 Å². The van der Waals surface area contributed by atoms with Crippen molar-refractivity contribution in [3.8, 4) is 11.3 Å². The molecule has 2 aliphatic carbocycles. The topological polar surface area (TPSA) is 3.88 Å². The van der Waals surface area contributed by atoms with Crippen LogP contribution in [0.2, 0.25) is 0 Å². The number of aromatic nitrogens is 1. The first-order valence-corrected chi connectivity index (χ1v) is 13.2. The molecule has 2 aromatic carbocycles. The number of hydrogen-bond donors (Lipinski definition) is 0. The van der Waals surface area contributed by atoms with E-state index in [1.54, 1.807) is 0 Å². The highest BCUT2D eigenvalue weighted by Gasteiger charge is 2.29. The minimum Gasteiger partial charge on any atom is -0.198 e. The highest BCUT2D eigenvalue weighted by atomic mass is 14.9. The molecular formula is C32H42N+. The van der Waals surface area contributed by atoms with Crippen LogP contribution in [0.4, 0.5) is 0 Å². The first kappa shape index (κ1) is 21.4. The van der Waals surface area contributed by atoms with Gasteiger partial charge in [-0.05, 0) is 109 Å². The Hall–Kier alpha value is -2.15. The van der Waals surface area contributed by atoms with E-state index in [1.165, 1.54) is 90.3 Å². The first-order valence-electron chi connectivity index (χ1n) is 13.7. The van der Waals surface area contributed by atoms with Crippen molar-refractivity contribution in [1.82, 2.24) is 0 Å². The van der Waals surface area contributed by atoms with Crippen molar-refractivity contribution in [2.45, 2.75) is 97.8 Å².